The summed E-state index contributed by atoms with van der Waals surface area (Å²) in [6, 6.07) is 8.36. The maximum Gasteiger partial charge on any atom is 0.134 e. The first-order valence-electron chi connectivity index (χ1n) is 5.84. The number of anilines is 1. The molecule has 2 aromatic rings. The average Bonchev–Trinajstić information content (AvgIpc) is 2.82. The summed E-state index contributed by atoms with van der Waals surface area (Å²) < 4.78 is 0. The Kier molecular flexibility index (Phi) is 2.87. The lowest BCUT2D eigenvalue weighted by Gasteiger charge is -2.13. The number of benzene rings is 1. The van der Waals surface area contributed by atoms with Gasteiger partial charge in [-0.15, -0.1) is 0 Å². The molecule has 1 aliphatic rings. The van der Waals surface area contributed by atoms with Crippen LogP contribution in [0.15, 0.2) is 30.5 Å². The molecule has 2 heterocycles. The van der Waals surface area contributed by atoms with E-state index in [1.54, 1.807) is 0 Å². The highest BCUT2D eigenvalue weighted by molar-refractivity contribution is 6.31. The van der Waals surface area contributed by atoms with Gasteiger partial charge in [0.05, 0.1) is 0 Å². The van der Waals surface area contributed by atoms with E-state index in [1.165, 1.54) is 0 Å². The SMILES string of the molecule is Clc1ccc2c(NC3CCNC3)nccc2c1. The molecule has 0 radical (unpaired) electrons. The van der Waals surface area contributed by atoms with Gasteiger partial charge in [-0.25, -0.2) is 4.98 Å². The third kappa shape index (κ3) is 2.21. The molecule has 2 N–H and O–H groups in total. The molecule has 0 aliphatic carbocycles. The fraction of sp³-hybridized carbons (Fsp3) is 0.308. The Bertz CT molecular complexity index is 535. The topological polar surface area (TPSA) is 37.0 Å². The van der Waals surface area contributed by atoms with Crippen molar-refractivity contribution in [2.24, 2.45) is 0 Å². The second kappa shape index (κ2) is 4.51. The van der Waals surface area contributed by atoms with Crippen LogP contribution >= 0.6 is 11.6 Å². The number of fused-ring (bicyclic) bond motifs is 1. The Labute approximate surface area is 105 Å². The molecule has 1 aliphatic heterocycles. The number of hydrogen-bond donors (Lipinski definition) is 2. The molecule has 4 heteroatoms. The highest BCUT2D eigenvalue weighted by atomic mass is 35.5. The minimum absolute atomic E-state index is 0.476. The Hall–Kier alpha value is -1.32. The largest absolute Gasteiger partial charge is 0.365 e. The van der Waals surface area contributed by atoms with Crippen molar-refractivity contribution < 1.29 is 0 Å². The molecule has 3 nitrogen and oxygen atoms in total. The summed E-state index contributed by atoms with van der Waals surface area (Å²) in [6.07, 6.45) is 2.97. The lowest BCUT2D eigenvalue weighted by Crippen LogP contribution is -2.22. The Morgan fingerprint density at radius 2 is 2.29 bits per heavy atom. The first-order valence-corrected chi connectivity index (χ1v) is 6.22. The number of nitrogens with one attached hydrogen (secondary N) is 2. The molecule has 88 valence electrons. The fourth-order valence-electron chi connectivity index (χ4n) is 2.23. The minimum atomic E-state index is 0.476. The third-order valence-electron chi connectivity index (χ3n) is 3.13. The molecule has 1 saturated heterocycles. The third-order valence-corrected chi connectivity index (χ3v) is 3.36. The zero-order valence-corrected chi connectivity index (χ0v) is 10.2. The standard InChI is InChI=1S/C13H14ClN3/c14-10-1-2-12-9(7-10)3-6-16-13(12)17-11-4-5-15-8-11/h1-3,6-7,11,15H,4-5,8H2,(H,16,17). The fourth-order valence-corrected chi connectivity index (χ4v) is 2.42. The maximum absolute atomic E-state index is 5.99. The van der Waals surface area contributed by atoms with Gasteiger partial charge in [-0.1, -0.05) is 11.6 Å². The van der Waals surface area contributed by atoms with Crippen molar-refractivity contribution in [3.05, 3.63) is 35.5 Å². The number of pyridine rings is 1. The predicted molar refractivity (Wildman–Crippen MR) is 71.7 cm³/mol. The van der Waals surface area contributed by atoms with Crippen LogP contribution in [0.3, 0.4) is 0 Å². The van der Waals surface area contributed by atoms with E-state index in [1.807, 2.05) is 30.5 Å². The van der Waals surface area contributed by atoms with E-state index in [0.717, 1.165) is 41.1 Å². The van der Waals surface area contributed by atoms with Crippen LogP contribution in [0.2, 0.25) is 5.02 Å². The Balaban J connectivity index is 1.97. The second-order valence-corrected chi connectivity index (χ2v) is 4.80. The van der Waals surface area contributed by atoms with E-state index in [0.29, 0.717) is 6.04 Å². The second-order valence-electron chi connectivity index (χ2n) is 4.36. The maximum atomic E-state index is 5.99. The van der Waals surface area contributed by atoms with Crippen LogP contribution < -0.4 is 10.6 Å². The molecule has 17 heavy (non-hydrogen) atoms. The molecule has 1 fully saturated rings. The van der Waals surface area contributed by atoms with E-state index in [9.17, 15) is 0 Å². The normalized spacial score (nSPS) is 19.7. The van der Waals surface area contributed by atoms with Gasteiger partial charge in [0.1, 0.15) is 5.82 Å². The van der Waals surface area contributed by atoms with Crippen LogP contribution in [0.4, 0.5) is 5.82 Å². The highest BCUT2D eigenvalue weighted by Crippen LogP contribution is 2.25. The summed E-state index contributed by atoms with van der Waals surface area (Å²) in [5, 5.41) is 9.84. The zero-order chi connectivity index (χ0) is 11.7. The van der Waals surface area contributed by atoms with E-state index in [-0.39, 0.29) is 0 Å². The van der Waals surface area contributed by atoms with Gasteiger partial charge in [0.15, 0.2) is 0 Å². The zero-order valence-electron chi connectivity index (χ0n) is 9.41. The Morgan fingerprint density at radius 1 is 1.35 bits per heavy atom. The molecule has 1 aromatic carbocycles. The smallest absolute Gasteiger partial charge is 0.134 e. The van der Waals surface area contributed by atoms with Gasteiger partial charge in [0.2, 0.25) is 0 Å². The first kappa shape index (κ1) is 10.8. The van der Waals surface area contributed by atoms with Crippen molar-refractivity contribution >= 4 is 28.2 Å². The van der Waals surface area contributed by atoms with Crippen LogP contribution in [0.1, 0.15) is 6.42 Å². The van der Waals surface area contributed by atoms with Crippen LogP contribution in [0.25, 0.3) is 10.8 Å². The van der Waals surface area contributed by atoms with Gasteiger partial charge in [-0.3, -0.25) is 0 Å². The Morgan fingerprint density at radius 3 is 3.12 bits per heavy atom. The molecular weight excluding hydrogens is 234 g/mol. The van der Waals surface area contributed by atoms with Crippen molar-refractivity contribution in [1.82, 2.24) is 10.3 Å². The summed E-state index contributed by atoms with van der Waals surface area (Å²) >= 11 is 5.99. The molecule has 1 aromatic heterocycles. The van der Waals surface area contributed by atoms with Crippen LogP contribution in [-0.4, -0.2) is 24.1 Å². The molecule has 0 saturated carbocycles. The van der Waals surface area contributed by atoms with E-state index >= 15 is 0 Å². The first-order chi connectivity index (χ1) is 8.33. The van der Waals surface area contributed by atoms with Gasteiger partial charge >= 0.3 is 0 Å². The van der Waals surface area contributed by atoms with Gasteiger partial charge in [0.25, 0.3) is 0 Å². The summed E-state index contributed by atoms with van der Waals surface area (Å²) in [4.78, 5) is 4.42. The van der Waals surface area contributed by atoms with Crippen molar-refractivity contribution in [2.45, 2.75) is 12.5 Å². The van der Waals surface area contributed by atoms with Gasteiger partial charge in [0, 0.05) is 29.2 Å². The number of nitrogens with zero attached hydrogens (tertiary/aromatic N) is 1. The average molecular weight is 248 g/mol. The van der Waals surface area contributed by atoms with Crippen LogP contribution in [0.5, 0.6) is 0 Å². The molecular formula is C13H14ClN3. The molecule has 0 amide bonds. The molecule has 3 rings (SSSR count). The quantitative estimate of drug-likeness (QED) is 0.857. The van der Waals surface area contributed by atoms with Crippen molar-refractivity contribution in [3.63, 3.8) is 0 Å². The molecule has 0 spiro atoms. The number of rotatable bonds is 2. The van der Waals surface area contributed by atoms with Crippen LogP contribution in [-0.2, 0) is 0 Å². The minimum Gasteiger partial charge on any atom is -0.365 e. The summed E-state index contributed by atoms with van der Waals surface area (Å²) in [7, 11) is 0. The number of aromatic nitrogens is 1. The monoisotopic (exact) mass is 247 g/mol. The van der Waals surface area contributed by atoms with Crippen molar-refractivity contribution in [1.29, 1.82) is 0 Å². The predicted octanol–water partition coefficient (Wildman–Crippen LogP) is 2.66. The lowest BCUT2D eigenvalue weighted by molar-refractivity contribution is 0.789. The van der Waals surface area contributed by atoms with Gasteiger partial charge in [-0.2, -0.15) is 0 Å². The van der Waals surface area contributed by atoms with Crippen molar-refractivity contribution in [2.75, 3.05) is 18.4 Å². The molecule has 0 bridgehead atoms. The number of hydrogen-bond acceptors (Lipinski definition) is 3. The van der Waals surface area contributed by atoms with E-state index in [2.05, 4.69) is 15.6 Å². The molecule has 1 atom stereocenters. The van der Waals surface area contributed by atoms with E-state index < -0.39 is 0 Å². The summed E-state index contributed by atoms with van der Waals surface area (Å²) in [5.74, 6) is 0.952. The lowest BCUT2D eigenvalue weighted by atomic mass is 10.1. The van der Waals surface area contributed by atoms with Gasteiger partial charge in [-0.05, 0) is 42.6 Å². The highest BCUT2D eigenvalue weighted by Gasteiger charge is 2.15. The van der Waals surface area contributed by atoms with Crippen LogP contribution in [0, 0.1) is 0 Å². The summed E-state index contributed by atoms with van der Waals surface area (Å²) in [5.41, 5.74) is 0. The number of halogens is 1. The van der Waals surface area contributed by atoms with Crippen molar-refractivity contribution in [3.8, 4) is 0 Å². The summed E-state index contributed by atoms with van der Waals surface area (Å²) in [6.45, 7) is 2.08. The molecule has 1 unspecified atom stereocenters. The van der Waals surface area contributed by atoms with E-state index in [4.69, 9.17) is 11.6 Å². The van der Waals surface area contributed by atoms with Gasteiger partial charge < -0.3 is 10.6 Å².